The van der Waals surface area contributed by atoms with Crippen molar-refractivity contribution in [2.75, 3.05) is 0 Å². The molecule has 2 nitrogen and oxygen atoms in total. The van der Waals surface area contributed by atoms with E-state index < -0.39 is 0 Å². The Hall–Kier alpha value is -0.960. The SMILES string of the molecule is Oc1[nH]cc2ccsc12. The highest BCUT2D eigenvalue weighted by Crippen LogP contribution is 2.28. The van der Waals surface area contributed by atoms with Crippen LogP contribution in [0.2, 0.25) is 0 Å². The van der Waals surface area contributed by atoms with Crippen LogP contribution in [0.15, 0.2) is 17.6 Å². The zero-order valence-corrected chi connectivity index (χ0v) is 5.40. The van der Waals surface area contributed by atoms with Crippen LogP contribution in [0.1, 0.15) is 0 Å². The summed E-state index contributed by atoms with van der Waals surface area (Å²) < 4.78 is 0.940. The second kappa shape index (κ2) is 1.51. The molecular formula is C6H5NOS. The van der Waals surface area contributed by atoms with Gasteiger partial charge in [-0.05, 0) is 11.4 Å². The molecule has 2 N–H and O–H groups in total. The van der Waals surface area contributed by atoms with E-state index in [0.717, 1.165) is 10.1 Å². The summed E-state index contributed by atoms with van der Waals surface area (Å²) in [5.41, 5.74) is 0. The Kier molecular flexibility index (Phi) is 0.818. The predicted molar refractivity (Wildman–Crippen MR) is 37.8 cm³/mol. The maximum atomic E-state index is 9.05. The first-order valence-electron chi connectivity index (χ1n) is 2.61. The first-order valence-corrected chi connectivity index (χ1v) is 3.49. The molecule has 2 rings (SSSR count). The molecule has 3 heteroatoms. The van der Waals surface area contributed by atoms with Crippen LogP contribution in [0, 0.1) is 0 Å². The lowest BCUT2D eigenvalue weighted by Gasteiger charge is -1.77. The minimum absolute atomic E-state index is 0.278. The van der Waals surface area contributed by atoms with E-state index in [-0.39, 0.29) is 5.88 Å². The summed E-state index contributed by atoms with van der Waals surface area (Å²) in [6.07, 6.45) is 1.79. The maximum Gasteiger partial charge on any atom is 0.206 e. The lowest BCUT2D eigenvalue weighted by atomic mass is 10.4. The molecule has 0 aliphatic heterocycles. The number of nitrogens with one attached hydrogen (secondary N) is 1. The Morgan fingerprint density at radius 3 is 3.22 bits per heavy atom. The van der Waals surface area contributed by atoms with Crippen LogP contribution < -0.4 is 0 Å². The van der Waals surface area contributed by atoms with E-state index >= 15 is 0 Å². The second-order valence-electron chi connectivity index (χ2n) is 1.84. The fourth-order valence-electron chi connectivity index (χ4n) is 0.837. The molecule has 0 aliphatic carbocycles. The van der Waals surface area contributed by atoms with Gasteiger partial charge in [0.05, 0.1) is 4.70 Å². The van der Waals surface area contributed by atoms with Crippen LogP contribution in [0.4, 0.5) is 0 Å². The summed E-state index contributed by atoms with van der Waals surface area (Å²) in [5.74, 6) is 0.278. The third-order valence-electron chi connectivity index (χ3n) is 1.28. The molecule has 0 atom stereocenters. The number of rotatable bonds is 0. The molecule has 9 heavy (non-hydrogen) atoms. The van der Waals surface area contributed by atoms with Gasteiger partial charge in [0, 0.05) is 11.6 Å². The van der Waals surface area contributed by atoms with Crippen LogP contribution in [-0.2, 0) is 0 Å². The van der Waals surface area contributed by atoms with Crippen molar-refractivity contribution in [3.63, 3.8) is 0 Å². The van der Waals surface area contributed by atoms with Crippen LogP contribution >= 0.6 is 11.3 Å². The molecule has 2 heterocycles. The van der Waals surface area contributed by atoms with E-state index in [9.17, 15) is 0 Å². The van der Waals surface area contributed by atoms with Crippen molar-refractivity contribution in [2.45, 2.75) is 0 Å². The smallest absolute Gasteiger partial charge is 0.206 e. The van der Waals surface area contributed by atoms with Crippen LogP contribution in [-0.4, -0.2) is 10.1 Å². The highest BCUT2D eigenvalue weighted by molar-refractivity contribution is 7.17. The van der Waals surface area contributed by atoms with Gasteiger partial charge in [0.25, 0.3) is 0 Å². The number of aromatic amines is 1. The van der Waals surface area contributed by atoms with Crippen LogP contribution in [0.5, 0.6) is 5.88 Å². The number of hydrogen-bond acceptors (Lipinski definition) is 2. The van der Waals surface area contributed by atoms with Gasteiger partial charge in [0.2, 0.25) is 5.88 Å². The molecule has 0 saturated heterocycles. The highest BCUT2D eigenvalue weighted by Gasteiger charge is 1.99. The first kappa shape index (κ1) is 4.88. The Morgan fingerprint density at radius 1 is 1.56 bits per heavy atom. The Bertz CT molecular complexity index is 322. The van der Waals surface area contributed by atoms with Gasteiger partial charge < -0.3 is 10.1 Å². The molecular weight excluding hydrogens is 134 g/mol. The van der Waals surface area contributed by atoms with E-state index in [1.54, 1.807) is 6.20 Å². The number of hydrogen-bond donors (Lipinski definition) is 2. The third kappa shape index (κ3) is 0.549. The summed E-state index contributed by atoms with van der Waals surface area (Å²) in [4.78, 5) is 2.72. The van der Waals surface area contributed by atoms with Crippen molar-refractivity contribution < 1.29 is 5.11 Å². The van der Waals surface area contributed by atoms with Crippen molar-refractivity contribution in [3.05, 3.63) is 17.6 Å². The van der Waals surface area contributed by atoms with Gasteiger partial charge in [0.15, 0.2) is 0 Å². The lowest BCUT2D eigenvalue weighted by molar-refractivity contribution is 0.463. The van der Waals surface area contributed by atoms with Crippen molar-refractivity contribution in [1.29, 1.82) is 0 Å². The Morgan fingerprint density at radius 2 is 2.44 bits per heavy atom. The average molecular weight is 139 g/mol. The summed E-state index contributed by atoms with van der Waals surface area (Å²) in [6.45, 7) is 0. The summed E-state index contributed by atoms with van der Waals surface area (Å²) >= 11 is 1.54. The molecule has 2 aromatic rings. The minimum atomic E-state index is 0.278. The fourth-order valence-corrected chi connectivity index (χ4v) is 1.62. The Labute approximate surface area is 55.8 Å². The van der Waals surface area contributed by atoms with Gasteiger partial charge in [-0.3, -0.25) is 0 Å². The number of H-pyrrole nitrogens is 1. The molecule has 0 bridgehead atoms. The maximum absolute atomic E-state index is 9.05. The van der Waals surface area contributed by atoms with Gasteiger partial charge in [-0.15, -0.1) is 11.3 Å². The van der Waals surface area contributed by atoms with Crippen LogP contribution in [0.25, 0.3) is 10.1 Å². The zero-order valence-electron chi connectivity index (χ0n) is 4.59. The van der Waals surface area contributed by atoms with Gasteiger partial charge in [-0.2, -0.15) is 0 Å². The second-order valence-corrected chi connectivity index (χ2v) is 2.76. The largest absolute Gasteiger partial charge is 0.494 e. The number of thiophene rings is 1. The predicted octanol–water partition coefficient (Wildman–Crippen LogP) is 1.93. The van der Waals surface area contributed by atoms with Gasteiger partial charge in [-0.25, -0.2) is 0 Å². The average Bonchev–Trinajstić information content (AvgIpc) is 2.35. The molecule has 0 amide bonds. The number of aromatic hydroxyl groups is 1. The van der Waals surface area contributed by atoms with Crippen molar-refractivity contribution in [1.82, 2.24) is 4.98 Å². The standard InChI is InChI=1S/C6H5NOS/c8-6-5-4(3-7-6)1-2-9-5/h1-3,7-8H. The number of aromatic nitrogens is 1. The minimum Gasteiger partial charge on any atom is -0.494 e. The third-order valence-corrected chi connectivity index (χ3v) is 2.21. The zero-order chi connectivity index (χ0) is 6.27. The van der Waals surface area contributed by atoms with Gasteiger partial charge in [0.1, 0.15) is 0 Å². The highest BCUT2D eigenvalue weighted by atomic mass is 32.1. The van der Waals surface area contributed by atoms with Crippen molar-refractivity contribution in [2.24, 2.45) is 0 Å². The van der Waals surface area contributed by atoms with Gasteiger partial charge in [-0.1, -0.05) is 0 Å². The van der Waals surface area contributed by atoms with Gasteiger partial charge >= 0.3 is 0 Å². The quantitative estimate of drug-likeness (QED) is 0.574. The molecule has 46 valence electrons. The molecule has 0 radical (unpaired) electrons. The summed E-state index contributed by atoms with van der Waals surface area (Å²) in [7, 11) is 0. The van der Waals surface area contributed by atoms with Crippen molar-refractivity contribution >= 4 is 21.4 Å². The monoisotopic (exact) mass is 139 g/mol. The molecule has 2 aromatic heterocycles. The van der Waals surface area contributed by atoms with E-state index in [1.165, 1.54) is 11.3 Å². The molecule has 0 unspecified atom stereocenters. The summed E-state index contributed by atoms with van der Waals surface area (Å²) in [5, 5.41) is 12.1. The van der Waals surface area contributed by atoms with Crippen molar-refractivity contribution in [3.8, 4) is 5.88 Å². The number of fused-ring (bicyclic) bond motifs is 1. The van der Waals surface area contributed by atoms with E-state index in [4.69, 9.17) is 5.11 Å². The van der Waals surface area contributed by atoms with Crippen LogP contribution in [0.3, 0.4) is 0 Å². The van der Waals surface area contributed by atoms with E-state index in [1.807, 2.05) is 11.4 Å². The molecule has 0 fully saturated rings. The lowest BCUT2D eigenvalue weighted by Crippen LogP contribution is -1.54. The Balaban J connectivity index is 2.99. The molecule has 0 spiro atoms. The molecule has 0 saturated carbocycles. The normalized spacial score (nSPS) is 10.7. The summed E-state index contributed by atoms with van der Waals surface area (Å²) in [6, 6.07) is 1.97. The van der Waals surface area contributed by atoms with E-state index in [0.29, 0.717) is 0 Å². The first-order chi connectivity index (χ1) is 4.38. The topological polar surface area (TPSA) is 36.0 Å². The van der Waals surface area contributed by atoms with E-state index in [2.05, 4.69) is 4.98 Å². The fraction of sp³-hybridized carbons (Fsp3) is 0. The molecule has 0 aliphatic rings. The molecule has 0 aromatic carbocycles.